The molecule has 1 unspecified atom stereocenters. The summed E-state index contributed by atoms with van der Waals surface area (Å²) in [5, 5.41) is 5.18. The third-order valence-electron chi connectivity index (χ3n) is 4.84. The van der Waals surface area contributed by atoms with Crippen molar-refractivity contribution >= 4 is 15.9 Å². The van der Waals surface area contributed by atoms with Gasteiger partial charge in [-0.2, -0.15) is 0 Å². The SMILES string of the molecule is COc1ccc(OC)c(C2CCCN2C(=O)c2cc(S(N)(=O)=O)cn2C)c1. The van der Waals surface area contributed by atoms with E-state index in [-0.39, 0.29) is 22.5 Å². The van der Waals surface area contributed by atoms with E-state index in [4.69, 9.17) is 14.6 Å². The highest BCUT2D eigenvalue weighted by Gasteiger charge is 2.34. The van der Waals surface area contributed by atoms with Gasteiger partial charge in [-0.15, -0.1) is 0 Å². The topological polar surface area (TPSA) is 104 Å². The van der Waals surface area contributed by atoms with Crippen LogP contribution in [-0.4, -0.2) is 44.6 Å². The van der Waals surface area contributed by atoms with Crippen LogP contribution in [0.25, 0.3) is 0 Å². The van der Waals surface area contributed by atoms with Crippen LogP contribution in [0.4, 0.5) is 0 Å². The molecule has 8 nitrogen and oxygen atoms in total. The maximum Gasteiger partial charge on any atom is 0.271 e. The van der Waals surface area contributed by atoms with Gasteiger partial charge in [0.2, 0.25) is 10.0 Å². The van der Waals surface area contributed by atoms with Crippen molar-refractivity contribution in [3.63, 3.8) is 0 Å². The number of benzene rings is 1. The highest BCUT2D eigenvalue weighted by Crippen LogP contribution is 2.39. The summed E-state index contributed by atoms with van der Waals surface area (Å²) in [6, 6.07) is 6.62. The Kier molecular flexibility index (Phi) is 5.16. The van der Waals surface area contributed by atoms with Gasteiger partial charge in [0.25, 0.3) is 5.91 Å². The van der Waals surface area contributed by atoms with E-state index in [1.165, 1.54) is 16.8 Å². The summed E-state index contributed by atoms with van der Waals surface area (Å²) < 4.78 is 35.4. The Hall–Kier alpha value is -2.52. The summed E-state index contributed by atoms with van der Waals surface area (Å²) in [5.41, 5.74) is 1.14. The molecule has 146 valence electrons. The van der Waals surface area contributed by atoms with E-state index >= 15 is 0 Å². The molecule has 1 aliphatic heterocycles. The molecular weight excluding hydrogens is 370 g/mol. The first-order chi connectivity index (χ1) is 12.8. The average molecular weight is 393 g/mol. The highest BCUT2D eigenvalue weighted by molar-refractivity contribution is 7.89. The lowest BCUT2D eigenvalue weighted by molar-refractivity contribution is 0.0724. The number of methoxy groups -OCH3 is 2. The smallest absolute Gasteiger partial charge is 0.271 e. The molecular formula is C18H23N3O5S. The van der Waals surface area contributed by atoms with E-state index in [9.17, 15) is 13.2 Å². The molecule has 1 aliphatic rings. The highest BCUT2D eigenvalue weighted by atomic mass is 32.2. The zero-order valence-electron chi connectivity index (χ0n) is 15.5. The third-order valence-corrected chi connectivity index (χ3v) is 5.72. The monoisotopic (exact) mass is 393 g/mol. The van der Waals surface area contributed by atoms with Gasteiger partial charge in [0.05, 0.1) is 20.3 Å². The molecule has 2 N–H and O–H groups in total. The zero-order valence-corrected chi connectivity index (χ0v) is 16.3. The van der Waals surface area contributed by atoms with E-state index < -0.39 is 10.0 Å². The van der Waals surface area contributed by atoms with E-state index in [0.29, 0.717) is 18.0 Å². The Labute approximate surface area is 158 Å². The Balaban J connectivity index is 1.98. The van der Waals surface area contributed by atoms with Crippen LogP contribution in [0.2, 0.25) is 0 Å². The fourth-order valence-corrected chi connectivity index (χ4v) is 4.06. The first-order valence-corrected chi connectivity index (χ1v) is 10.0. The predicted octanol–water partition coefficient (Wildman–Crippen LogP) is 1.67. The second-order valence-corrected chi connectivity index (χ2v) is 8.04. The Morgan fingerprint density at radius 2 is 1.96 bits per heavy atom. The molecule has 9 heteroatoms. The van der Waals surface area contributed by atoms with Crippen LogP contribution in [0.5, 0.6) is 11.5 Å². The summed E-state index contributed by atoms with van der Waals surface area (Å²) in [5.74, 6) is 1.11. The number of primary sulfonamides is 1. The van der Waals surface area contributed by atoms with Crippen molar-refractivity contribution in [3.8, 4) is 11.5 Å². The number of hydrogen-bond donors (Lipinski definition) is 1. The van der Waals surface area contributed by atoms with Gasteiger partial charge in [-0.1, -0.05) is 0 Å². The van der Waals surface area contributed by atoms with Crippen molar-refractivity contribution in [2.24, 2.45) is 12.2 Å². The molecule has 27 heavy (non-hydrogen) atoms. The van der Waals surface area contributed by atoms with Crippen LogP contribution >= 0.6 is 0 Å². The van der Waals surface area contributed by atoms with Gasteiger partial charge >= 0.3 is 0 Å². The van der Waals surface area contributed by atoms with Gasteiger partial charge in [0, 0.05) is 25.4 Å². The summed E-state index contributed by atoms with van der Waals surface area (Å²) >= 11 is 0. The number of ether oxygens (including phenoxy) is 2. The van der Waals surface area contributed by atoms with Gasteiger partial charge in [-0.05, 0) is 37.1 Å². The lowest BCUT2D eigenvalue weighted by Crippen LogP contribution is -2.32. The number of aryl methyl sites for hydroxylation is 1. The molecule has 1 aromatic carbocycles. The fourth-order valence-electron chi connectivity index (χ4n) is 3.48. The lowest BCUT2D eigenvalue weighted by Gasteiger charge is -2.26. The lowest BCUT2D eigenvalue weighted by atomic mass is 10.0. The fraction of sp³-hybridized carbons (Fsp3) is 0.389. The first-order valence-electron chi connectivity index (χ1n) is 8.48. The molecule has 1 saturated heterocycles. The van der Waals surface area contributed by atoms with E-state index in [2.05, 4.69) is 0 Å². The number of likely N-dealkylation sites (tertiary alicyclic amines) is 1. The van der Waals surface area contributed by atoms with Crippen molar-refractivity contribution in [1.82, 2.24) is 9.47 Å². The minimum absolute atomic E-state index is 0.0805. The van der Waals surface area contributed by atoms with Crippen LogP contribution < -0.4 is 14.6 Å². The van der Waals surface area contributed by atoms with Crippen molar-refractivity contribution in [2.45, 2.75) is 23.8 Å². The molecule has 0 spiro atoms. The maximum atomic E-state index is 13.1. The average Bonchev–Trinajstić information content (AvgIpc) is 3.27. The molecule has 0 radical (unpaired) electrons. The molecule has 1 fully saturated rings. The van der Waals surface area contributed by atoms with E-state index in [0.717, 1.165) is 18.4 Å². The summed E-state index contributed by atoms with van der Waals surface area (Å²) in [7, 11) is 0.920. The molecule has 0 saturated carbocycles. The number of sulfonamides is 1. The Morgan fingerprint density at radius 3 is 2.56 bits per heavy atom. The molecule has 2 aromatic rings. The number of carbonyl (C=O) groups excluding carboxylic acids is 1. The minimum atomic E-state index is -3.88. The Bertz CT molecular complexity index is 967. The first kappa shape index (κ1) is 19.2. The third kappa shape index (κ3) is 3.65. The number of rotatable bonds is 5. The summed E-state index contributed by atoms with van der Waals surface area (Å²) in [6.07, 6.45) is 2.96. The van der Waals surface area contributed by atoms with E-state index in [1.54, 1.807) is 32.2 Å². The largest absolute Gasteiger partial charge is 0.497 e. The Morgan fingerprint density at radius 1 is 1.22 bits per heavy atom. The summed E-state index contributed by atoms with van der Waals surface area (Å²) in [4.78, 5) is 14.8. The number of amides is 1. The van der Waals surface area contributed by atoms with Gasteiger partial charge in [-0.25, -0.2) is 13.6 Å². The molecule has 1 atom stereocenters. The quantitative estimate of drug-likeness (QED) is 0.832. The zero-order chi connectivity index (χ0) is 19.8. The van der Waals surface area contributed by atoms with Crippen LogP contribution in [-0.2, 0) is 17.1 Å². The molecule has 3 rings (SSSR count). The minimum Gasteiger partial charge on any atom is -0.497 e. The van der Waals surface area contributed by atoms with Crippen LogP contribution in [0.1, 0.15) is 34.9 Å². The molecule has 0 aliphatic carbocycles. The number of nitrogens with two attached hydrogens (primary N) is 1. The van der Waals surface area contributed by atoms with E-state index in [1.807, 2.05) is 12.1 Å². The number of nitrogens with zero attached hydrogens (tertiary/aromatic N) is 2. The normalized spacial score (nSPS) is 17.2. The second-order valence-electron chi connectivity index (χ2n) is 6.48. The number of carbonyl (C=O) groups is 1. The number of hydrogen-bond acceptors (Lipinski definition) is 5. The van der Waals surface area contributed by atoms with Crippen molar-refractivity contribution < 1.29 is 22.7 Å². The van der Waals surface area contributed by atoms with Gasteiger partial charge in [0.15, 0.2) is 0 Å². The summed E-state index contributed by atoms with van der Waals surface area (Å²) in [6.45, 7) is 0.569. The van der Waals surface area contributed by atoms with Gasteiger partial charge in [0.1, 0.15) is 22.1 Å². The molecule has 1 aromatic heterocycles. The molecule has 0 bridgehead atoms. The standard InChI is InChI=1S/C18H23N3O5S/c1-20-11-13(27(19,23)24)10-16(20)18(22)21-8-4-5-15(21)14-9-12(25-2)6-7-17(14)26-3/h6-7,9-11,15H,4-5,8H2,1-3H3,(H2,19,23,24). The molecule has 2 heterocycles. The van der Waals surface area contributed by atoms with Crippen LogP contribution in [0.15, 0.2) is 35.4 Å². The maximum absolute atomic E-state index is 13.1. The molecule has 1 amide bonds. The van der Waals surface area contributed by atoms with Crippen LogP contribution in [0, 0.1) is 0 Å². The van der Waals surface area contributed by atoms with Crippen molar-refractivity contribution in [1.29, 1.82) is 0 Å². The second kappa shape index (κ2) is 7.24. The number of aromatic nitrogens is 1. The van der Waals surface area contributed by atoms with Crippen molar-refractivity contribution in [3.05, 3.63) is 41.7 Å². The predicted molar refractivity (Wildman–Crippen MR) is 99.3 cm³/mol. The van der Waals surface area contributed by atoms with Gasteiger partial charge in [-0.3, -0.25) is 4.79 Å². The van der Waals surface area contributed by atoms with Gasteiger partial charge < -0.3 is 18.9 Å². The van der Waals surface area contributed by atoms with Crippen LogP contribution in [0.3, 0.4) is 0 Å². The van der Waals surface area contributed by atoms with Crippen molar-refractivity contribution in [2.75, 3.05) is 20.8 Å².